The Hall–Kier alpha value is -3.18. The largest absolute Gasteiger partial charge is 0.493 e. The van der Waals surface area contributed by atoms with Gasteiger partial charge in [-0.05, 0) is 23.8 Å². The monoisotopic (exact) mass is 438 g/mol. The molecule has 160 valence electrons. The van der Waals surface area contributed by atoms with E-state index in [-0.39, 0.29) is 12.3 Å². The van der Waals surface area contributed by atoms with Gasteiger partial charge in [-0.1, -0.05) is 54.1 Å². The van der Waals surface area contributed by atoms with Crippen LogP contribution in [0.25, 0.3) is 0 Å². The highest BCUT2D eigenvalue weighted by Crippen LogP contribution is 2.38. The smallest absolute Gasteiger partial charge is 0.304 e. The van der Waals surface area contributed by atoms with Gasteiger partial charge in [0, 0.05) is 29.5 Å². The van der Waals surface area contributed by atoms with E-state index in [9.17, 15) is 4.79 Å². The molecule has 0 aliphatic carbocycles. The number of hydrogen-bond acceptors (Lipinski definition) is 4. The second-order valence-electron chi connectivity index (χ2n) is 7.43. The second-order valence-corrected chi connectivity index (χ2v) is 7.84. The van der Waals surface area contributed by atoms with Crippen molar-refractivity contribution in [2.45, 2.75) is 25.4 Å². The standard InChI is InChI=1S/C25H23ClO5/c26-23-13-20(29-11-10-17-4-2-1-3-5-17)7-6-18(23)15-30-21-8-9-22-19(12-25(27)28)16-31-24(22)14-21/h1-9,13-14,19H,10-12,15-16H2,(H,27,28). The van der Waals surface area contributed by atoms with Gasteiger partial charge in [-0.25, -0.2) is 0 Å². The normalized spacial score (nSPS) is 14.5. The summed E-state index contributed by atoms with van der Waals surface area (Å²) in [5.41, 5.74) is 2.98. The minimum absolute atomic E-state index is 0.0581. The highest BCUT2D eigenvalue weighted by molar-refractivity contribution is 6.31. The molecule has 0 radical (unpaired) electrons. The summed E-state index contributed by atoms with van der Waals surface area (Å²) in [5, 5.41) is 9.59. The summed E-state index contributed by atoms with van der Waals surface area (Å²) in [4.78, 5) is 11.0. The average molecular weight is 439 g/mol. The number of fused-ring (bicyclic) bond motifs is 1. The van der Waals surface area contributed by atoms with Gasteiger partial charge in [0.2, 0.25) is 0 Å². The zero-order valence-corrected chi connectivity index (χ0v) is 17.7. The van der Waals surface area contributed by atoms with E-state index < -0.39 is 5.97 Å². The van der Waals surface area contributed by atoms with Crippen LogP contribution in [0.2, 0.25) is 5.02 Å². The quantitative estimate of drug-likeness (QED) is 0.478. The molecule has 0 aromatic heterocycles. The van der Waals surface area contributed by atoms with Crippen molar-refractivity contribution in [2.75, 3.05) is 13.2 Å². The van der Waals surface area contributed by atoms with E-state index in [1.54, 1.807) is 12.1 Å². The molecule has 3 aromatic carbocycles. The van der Waals surface area contributed by atoms with Crippen LogP contribution in [-0.4, -0.2) is 24.3 Å². The number of aliphatic carboxylic acids is 1. The van der Waals surface area contributed by atoms with Gasteiger partial charge in [-0.3, -0.25) is 4.79 Å². The summed E-state index contributed by atoms with van der Waals surface area (Å²) in [6.45, 7) is 1.26. The lowest BCUT2D eigenvalue weighted by Crippen LogP contribution is -2.07. The van der Waals surface area contributed by atoms with E-state index in [2.05, 4.69) is 12.1 Å². The maximum Gasteiger partial charge on any atom is 0.304 e. The van der Waals surface area contributed by atoms with Crippen LogP contribution in [0.3, 0.4) is 0 Å². The first-order chi connectivity index (χ1) is 15.1. The van der Waals surface area contributed by atoms with Crippen LogP contribution in [0.5, 0.6) is 17.2 Å². The molecule has 3 aromatic rings. The molecule has 1 unspecified atom stereocenters. The Morgan fingerprint density at radius 1 is 1.03 bits per heavy atom. The molecule has 0 fully saturated rings. The number of carboxylic acids is 1. The number of ether oxygens (including phenoxy) is 3. The van der Waals surface area contributed by atoms with Crippen LogP contribution in [0.15, 0.2) is 66.7 Å². The van der Waals surface area contributed by atoms with Crippen LogP contribution in [0.4, 0.5) is 0 Å². The lowest BCUT2D eigenvalue weighted by molar-refractivity contribution is -0.137. The molecule has 0 bridgehead atoms. The molecular formula is C25H23ClO5. The van der Waals surface area contributed by atoms with E-state index in [1.807, 2.05) is 42.5 Å². The molecule has 0 spiro atoms. The minimum Gasteiger partial charge on any atom is -0.493 e. The summed E-state index contributed by atoms with van der Waals surface area (Å²) < 4.78 is 17.3. The van der Waals surface area contributed by atoms with Crippen molar-refractivity contribution >= 4 is 17.6 Å². The third-order valence-electron chi connectivity index (χ3n) is 5.21. The van der Waals surface area contributed by atoms with Crippen molar-refractivity contribution in [2.24, 2.45) is 0 Å². The summed E-state index contributed by atoms with van der Waals surface area (Å²) >= 11 is 6.41. The number of carbonyl (C=O) groups is 1. The number of halogens is 1. The fourth-order valence-electron chi connectivity index (χ4n) is 3.55. The molecule has 0 saturated carbocycles. The topological polar surface area (TPSA) is 65.0 Å². The van der Waals surface area contributed by atoms with Gasteiger partial charge < -0.3 is 19.3 Å². The zero-order chi connectivity index (χ0) is 21.6. The maximum absolute atomic E-state index is 11.0. The second kappa shape index (κ2) is 9.75. The molecule has 1 N–H and O–H groups in total. The Kier molecular flexibility index (Phi) is 6.63. The minimum atomic E-state index is -0.830. The number of benzene rings is 3. The van der Waals surface area contributed by atoms with Crippen LogP contribution < -0.4 is 14.2 Å². The predicted molar refractivity (Wildman–Crippen MR) is 118 cm³/mol. The highest BCUT2D eigenvalue weighted by Gasteiger charge is 2.26. The van der Waals surface area contributed by atoms with Crippen molar-refractivity contribution in [1.29, 1.82) is 0 Å². The van der Waals surface area contributed by atoms with Crippen LogP contribution in [0.1, 0.15) is 29.0 Å². The van der Waals surface area contributed by atoms with E-state index in [0.717, 1.165) is 23.3 Å². The molecule has 1 aliphatic rings. The van der Waals surface area contributed by atoms with Crippen LogP contribution in [-0.2, 0) is 17.8 Å². The Bertz CT molecular complexity index is 1050. The van der Waals surface area contributed by atoms with Crippen molar-refractivity contribution in [3.05, 3.63) is 88.4 Å². The van der Waals surface area contributed by atoms with E-state index in [0.29, 0.717) is 36.3 Å². The zero-order valence-electron chi connectivity index (χ0n) is 16.9. The van der Waals surface area contributed by atoms with E-state index >= 15 is 0 Å². The Labute approximate surface area is 186 Å². The van der Waals surface area contributed by atoms with Gasteiger partial charge in [0.15, 0.2) is 0 Å². The highest BCUT2D eigenvalue weighted by atomic mass is 35.5. The third kappa shape index (κ3) is 5.50. The molecule has 31 heavy (non-hydrogen) atoms. The number of rotatable bonds is 9. The summed E-state index contributed by atoms with van der Waals surface area (Å²) in [5.74, 6) is 1.10. The Morgan fingerprint density at radius 3 is 2.58 bits per heavy atom. The Morgan fingerprint density at radius 2 is 1.81 bits per heavy atom. The first-order valence-electron chi connectivity index (χ1n) is 10.1. The first-order valence-corrected chi connectivity index (χ1v) is 10.5. The molecule has 1 heterocycles. The van der Waals surface area contributed by atoms with Crippen LogP contribution >= 0.6 is 11.6 Å². The first kappa shape index (κ1) is 21.1. The molecule has 6 heteroatoms. The van der Waals surface area contributed by atoms with Gasteiger partial charge in [-0.15, -0.1) is 0 Å². The molecule has 0 saturated heterocycles. The summed E-state index contributed by atoms with van der Waals surface area (Å²) in [6, 6.07) is 21.3. The van der Waals surface area contributed by atoms with Gasteiger partial charge in [0.05, 0.1) is 24.7 Å². The van der Waals surface area contributed by atoms with Gasteiger partial charge in [0.1, 0.15) is 23.9 Å². The van der Waals surface area contributed by atoms with E-state index in [1.165, 1.54) is 5.56 Å². The van der Waals surface area contributed by atoms with Crippen molar-refractivity contribution < 1.29 is 24.1 Å². The summed E-state index contributed by atoms with van der Waals surface area (Å²) in [7, 11) is 0. The lowest BCUT2D eigenvalue weighted by Gasteiger charge is -2.11. The summed E-state index contributed by atoms with van der Waals surface area (Å²) in [6.07, 6.45) is 0.889. The lowest BCUT2D eigenvalue weighted by atomic mass is 9.98. The van der Waals surface area contributed by atoms with Gasteiger partial charge in [0.25, 0.3) is 0 Å². The van der Waals surface area contributed by atoms with Crippen molar-refractivity contribution in [3.63, 3.8) is 0 Å². The number of carboxylic acid groups (broad SMARTS) is 1. The number of hydrogen-bond donors (Lipinski definition) is 1. The van der Waals surface area contributed by atoms with Gasteiger partial charge >= 0.3 is 5.97 Å². The molecule has 1 atom stereocenters. The van der Waals surface area contributed by atoms with Crippen molar-refractivity contribution in [3.8, 4) is 17.2 Å². The third-order valence-corrected chi connectivity index (χ3v) is 5.56. The van der Waals surface area contributed by atoms with E-state index in [4.69, 9.17) is 30.9 Å². The molecule has 4 rings (SSSR count). The Balaban J connectivity index is 1.31. The predicted octanol–water partition coefficient (Wildman–Crippen LogP) is 5.49. The van der Waals surface area contributed by atoms with Crippen LogP contribution in [0, 0.1) is 0 Å². The molecule has 0 amide bonds. The molecule has 5 nitrogen and oxygen atoms in total. The fourth-order valence-corrected chi connectivity index (χ4v) is 3.78. The average Bonchev–Trinajstić information content (AvgIpc) is 3.15. The SMILES string of the molecule is O=C(O)CC1COc2cc(OCc3ccc(OCCc4ccccc4)cc3Cl)ccc21. The van der Waals surface area contributed by atoms with Crippen molar-refractivity contribution in [1.82, 2.24) is 0 Å². The fraction of sp³-hybridized carbons (Fsp3) is 0.240. The maximum atomic E-state index is 11.0. The van der Waals surface area contributed by atoms with Gasteiger partial charge in [-0.2, -0.15) is 0 Å². The molecule has 1 aliphatic heterocycles. The molecular weight excluding hydrogens is 416 g/mol.